The number of aromatic nitrogens is 2. The van der Waals surface area contributed by atoms with E-state index in [4.69, 9.17) is 4.98 Å². The van der Waals surface area contributed by atoms with Crippen molar-refractivity contribution in [3.8, 4) is 0 Å². The highest BCUT2D eigenvalue weighted by Gasteiger charge is 2.39. The van der Waals surface area contributed by atoms with Crippen molar-refractivity contribution in [3.63, 3.8) is 0 Å². The van der Waals surface area contributed by atoms with E-state index in [9.17, 15) is 0 Å². The van der Waals surface area contributed by atoms with Gasteiger partial charge in [-0.15, -0.1) is 0 Å². The molecule has 0 spiro atoms. The van der Waals surface area contributed by atoms with Crippen molar-refractivity contribution in [2.75, 3.05) is 6.66 Å². The van der Waals surface area contributed by atoms with Crippen LogP contribution in [0.5, 0.6) is 0 Å². The lowest BCUT2D eigenvalue weighted by Gasteiger charge is -2.41. The highest BCUT2D eigenvalue weighted by atomic mass is 31.1. The van der Waals surface area contributed by atoms with Crippen LogP contribution in [0.1, 0.15) is 41.5 Å². The van der Waals surface area contributed by atoms with Crippen LogP contribution in [0.15, 0.2) is 42.7 Å². The maximum Gasteiger partial charge on any atom is 0.135 e. The molecule has 0 aliphatic heterocycles. The Morgan fingerprint density at radius 1 is 0.909 bits per heavy atom. The third-order valence-corrected chi connectivity index (χ3v) is 9.18. The van der Waals surface area contributed by atoms with Crippen LogP contribution in [-0.4, -0.2) is 26.3 Å². The zero-order valence-electron chi connectivity index (χ0n) is 14.8. The summed E-state index contributed by atoms with van der Waals surface area (Å²) >= 11 is 0. The molecule has 2 rings (SSSR count). The molecule has 0 amide bonds. The van der Waals surface area contributed by atoms with Crippen LogP contribution >= 0.6 is 16.0 Å². The fraction of sp³-hybridized carbons (Fsp3) is 0.500. The van der Waals surface area contributed by atoms with Crippen molar-refractivity contribution in [1.82, 2.24) is 9.32 Å². The molecule has 0 aliphatic carbocycles. The van der Waals surface area contributed by atoms with Crippen LogP contribution in [0.3, 0.4) is 0 Å². The van der Waals surface area contributed by atoms with Crippen molar-refractivity contribution in [2.24, 2.45) is 0 Å². The molecule has 0 saturated carbocycles. The molecule has 0 fully saturated rings. The van der Waals surface area contributed by atoms with Crippen molar-refractivity contribution >= 4 is 26.9 Å². The molecule has 22 heavy (non-hydrogen) atoms. The fourth-order valence-corrected chi connectivity index (χ4v) is 8.83. The van der Waals surface area contributed by atoms with Gasteiger partial charge in [0.1, 0.15) is 5.57 Å². The van der Waals surface area contributed by atoms with Gasteiger partial charge >= 0.3 is 0 Å². The van der Waals surface area contributed by atoms with E-state index < -0.39 is 8.07 Å². The molecule has 0 radical (unpaired) electrons. The van der Waals surface area contributed by atoms with Crippen LogP contribution in [0.25, 0.3) is 0 Å². The van der Waals surface area contributed by atoms with Gasteiger partial charge in [0, 0.05) is 20.5 Å². The monoisotopic (exact) mass is 334 g/mol. The molecular formula is C18H28N2P2. The van der Waals surface area contributed by atoms with Crippen LogP contribution < -0.4 is 10.9 Å². The Bertz CT molecular complexity index is 592. The molecule has 2 nitrogen and oxygen atoms in total. The Labute approximate surface area is 137 Å². The number of rotatable bonds is 3. The predicted octanol–water partition coefficient (Wildman–Crippen LogP) is 4.79. The van der Waals surface area contributed by atoms with Gasteiger partial charge in [-0.1, -0.05) is 71.9 Å². The standard InChI is InChI=1S/C18H28N2P2/c1-17(2,3)22(18(4,5)6)16-19-13-14-20(16)21(7)15-11-9-8-10-12-15/h8-14H,1-7H3. The summed E-state index contributed by atoms with van der Waals surface area (Å²) in [6.45, 7) is 16.4. The summed E-state index contributed by atoms with van der Waals surface area (Å²) in [5.74, 6) is 0. The van der Waals surface area contributed by atoms with E-state index in [1.807, 2.05) is 6.20 Å². The van der Waals surface area contributed by atoms with E-state index in [-0.39, 0.29) is 18.2 Å². The molecule has 0 bridgehead atoms. The van der Waals surface area contributed by atoms with Crippen LogP contribution in [0, 0.1) is 0 Å². The Hall–Kier alpha value is -0.710. The molecule has 1 aromatic carbocycles. The van der Waals surface area contributed by atoms with Gasteiger partial charge in [-0.25, -0.2) is 4.98 Å². The van der Waals surface area contributed by atoms with E-state index in [1.165, 1.54) is 10.9 Å². The maximum absolute atomic E-state index is 4.80. The van der Waals surface area contributed by atoms with E-state index in [2.05, 4.69) is 89.1 Å². The first-order valence-corrected chi connectivity index (χ1v) is 10.8. The first-order valence-electron chi connectivity index (χ1n) is 7.75. The summed E-state index contributed by atoms with van der Waals surface area (Å²) in [6.07, 6.45) is 4.14. The molecule has 0 aliphatic rings. The van der Waals surface area contributed by atoms with Gasteiger partial charge in [0.2, 0.25) is 0 Å². The molecule has 4 heteroatoms. The van der Waals surface area contributed by atoms with Gasteiger partial charge < -0.3 is 4.34 Å². The minimum Gasteiger partial charge on any atom is -0.306 e. The topological polar surface area (TPSA) is 17.8 Å². The molecule has 1 unspecified atom stereocenters. The Morgan fingerprint density at radius 3 is 1.95 bits per heavy atom. The zero-order chi connectivity index (χ0) is 16.5. The number of imidazole rings is 1. The molecule has 120 valence electrons. The number of benzene rings is 1. The average Bonchev–Trinajstić information content (AvgIpc) is 2.84. The normalized spacial score (nSPS) is 14.4. The van der Waals surface area contributed by atoms with Crippen LogP contribution in [0.2, 0.25) is 0 Å². The quantitative estimate of drug-likeness (QED) is 0.738. The fourth-order valence-electron chi connectivity index (χ4n) is 3.06. The Balaban J connectivity index is 2.48. The molecule has 1 atom stereocenters. The Kier molecular flexibility index (Phi) is 5.15. The number of nitrogens with zero attached hydrogens (tertiary/aromatic N) is 2. The largest absolute Gasteiger partial charge is 0.306 e. The first-order chi connectivity index (χ1) is 10.1. The second kappa shape index (κ2) is 6.42. The van der Waals surface area contributed by atoms with Crippen LogP contribution in [-0.2, 0) is 0 Å². The molecule has 2 aromatic rings. The Morgan fingerprint density at radius 2 is 1.45 bits per heavy atom. The van der Waals surface area contributed by atoms with Crippen molar-refractivity contribution in [2.45, 2.75) is 51.9 Å². The molecule has 0 saturated heterocycles. The highest BCUT2D eigenvalue weighted by molar-refractivity contribution is 7.70. The second-order valence-electron chi connectivity index (χ2n) is 7.61. The summed E-state index contributed by atoms with van der Waals surface area (Å²) in [5, 5.41) is 1.88. The molecule has 1 heterocycles. The van der Waals surface area contributed by atoms with E-state index in [1.54, 1.807) is 0 Å². The van der Waals surface area contributed by atoms with Crippen molar-refractivity contribution in [1.29, 1.82) is 0 Å². The van der Waals surface area contributed by atoms with Crippen LogP contribution in [0.4, 0.5) is 0 Å². The summed E-state index contributed by atoms with van der Waals surface area (Å²) in [6, 6.07) is 10.8. The predicted molar refractivity (Wildman–Crippen MR) is 103 cm³/mol. The minimum atomic E-state index is -0.411. The second-order valence-corrected chi connectivity index (χ2v) is 13.4. The number of hydrogen-bond acceptors (Lipinski definition) is 1. The third kappa shape index (κ3) is 3.79. The highest BCUT2D eigenvalue weighted by Crippen LogP contribution is 2.58. The minimum absolute atomic E-state index is 0.240. The molecule has 0 N–H and O–H groups in total. The van der Waals surface area contributed by atoms with Gasteiger partial charge in [-0.05, 0) is 30.2 Å². The van der Waals surface area contributed by atoms with E-state index in [0.717, 1.165) is 0 Å². The first kappa shape index (κ1) is 17.6. The SMILES string of the molecule is CP(c1ccccc1)n1ccnc1P(C(C)(C)C)C(C)(C)C. The number of hydrogen-bond donors (Lipinski definition) is 0. The third-order valence-electron chi connectivity index (χ3n) is 3.60. The van der Waals surface area contributed by atoms with Gasteiger partial charge in [0.15, 0.2) is 0 Å². The summed E-state index contributed by atoms with van der Waals surface area (Å²) in [7, 11) is -0.787. The van der Waals surface area contributed by atoms with Gasteiger partial charge in [-0.2, -0.15) is 0 Å². The summed E-state index contributed by atoms with van der Waals surface area (Å²) in [5.41, 5.74) is 1.28. The van der Waals surface area contributed by atoms with Gasteiger partial charge in [0.25, 0.3) is 0 Å². The lowest BCUT2D eigenvalue weighted by Crippen LogP contribution is -2.35. The van der Waals surface area contributed by atoms with Crippen molar-refractivity contribution in [3.05, 3.63) is 42.7 Å². The summed E-state index contributed by atoms with van der Waals surface area (Å²) < 4.78 is 2.44. The van der Waals surface area contributed by atoms with Crippen molar-refractivity contribution < 1.29 is 0 Å². The maximum atomic E-state index is 4.80. The van der Waals surface area contributed by atoms with E-state index in [0.29, 0.717) is 0 Å². The lowest BCUT2D eigenvalue weighted by molar-refractivity contribution is 0.712. The zero-order valence-corrected chi connectivity index (χ0v) is 16.6. The average molecular weight is 334 g/mol. The van der Waals surface area contributed by atoms with Gasteiger partial charge in [-0.3, -0.25) is 0 Å². The van der Waals surface area contributed by atoms with Gasteiger partial charge in [0.05, 0.1) is 0 Å². The molecule has 1 aromatic heterocycles. The summed E-state index contributed by atoms with van der Waals surface area (Å²) in [4.78, 5) is 4.80. The smallest absolute Gasteiger partial charge is 0.135 e. The molecular weight excluding hydrogens is 306 g/mol. The lowest BCUT2D eigenvalue weighted by atomic mass is 10.2. The van der Waals surface area contributed by atoms with E-state index >= 15 is 0 Å².